The second kappa shape index (κ2) is 9.32. The number of halogens is 1. The average molecular weight is 348 g/mol. The van der Waals surface area contributed by atoms with Crippen molar-refractivity contribution in [2.75, 3.05) is 6.54 Å². The van der Waals surface area contributed by atoms with Gasteiger partial charge in [-0.1, -0.05) is 19.1 Å². The van der Waals surface area contributed by atoms with Gasteiger partial charge in [0.25, 0.3) is 0 Å². The summed E-state index contributed by atoms with van der Waals surface area (Å²) in [5, 5.41) is 12.5. The van der Waals surface area contributed by atoms with E-state index in [0.29, 0.717) is 13.0 Å². The number of hydrogen-bond acceptors (Lipinski definition) is 4. The van der Waals surface area contributed by atoms with Gasteiger partial charge in [-0.15, -0.1) is 0 Å². The maximum absolute atomic E-state index is 12.1. The molecule has 1 fully saturated rings. The first-order valence-electron chi connectivity index (χ1n) is 8.64. The van der Waals surface area contributed by atoms with Crippen molar-refractivity contribution in [1.82, 2.24) is 10.3 Å². The molecule has 2 unspecified atom stereocenters. The Kier molecular flexibility index (Phi) is 7.13. The molecule has 0 aromatic carbocycles. The second-order valence-electron chi connectivity index (χ2n) is 6.27. The van der Waals surface area contributed by atoms with E-state index in [4.69, 9.17) is 5.11 Å². The molecule has 1 saturated carbocycles. The van der Waals surface area contributed by atoms with E-state index < -0.39 is 5.97 Å². The summed E-state index contributed by atoms with van der Waals surface area (Å²) >= 11 is 0. The molecule has 0 saturated heterocycles. The number of carboxylic acids is 1. The lowest BCUT2D eigenvalue weighted by Gasteiger charge is -2.14. The van der Waals surface area contributed by atoms with Crippen LogP contribution in [0.25, 0.3) is 5.57 Å². The number of pyridine rings is 1. The van der Waals surface area contributed by atoms with E-state index in [2.05, 4.69) is 21.3 Å². The standard InChI is InChI=1S/C19H25FN2O3/c1-3-13(11-21-16-6-5-15(10-16)19(23)24)9-14(4-2)18-8-7-17(25-20)12-22-18/h3,7-9,12,15-16,21H,4-6,10-11H2,1-2H3,(H,23,24)/b13-3+,14-9+. The van der Waals surface area contributed by atoms with Crippen molar-refractivity contribution in [3.05, 3.63) is 41.7 Å². The summed E-state index contributed by atoms with van der Waals surface area (Å²) in [7, 11) is 0. The van der Waals surface area contributed by atoms with Gasteiger partial charge in [-0.3, -0.25) is 14.7 Å². The van der Waals surface area contributed by atoms with E-state index >= 15 is 0 Å². The van der Waals surface area contributed by atoms with Crippen molar-refractivity contribution in [3.63, 3.8) is 0 Å². The van der Waals surface area contributed by atoms with Gasteiger partial charge in [0, 0.05) is 17.1 Å². The highest BCUT2D eigenvalue weighted by Crippen LogP contribution is 2.26. The first kappa shape index (κ1) is 19.1. The van der Waals surface area contributed by atoms with Gasteiger partial charge in [-0.2, -0.15) is 0 Å². The van der Waals surface area contributed by atoms with Gasteiger partial charge in [-0.25, -0.2) is 0 Å². The molecule has 0 radical (unpaired) electrons. The van der Waals surface area contributed by atoms with Crippen LogP contribution in [-0.2, 0) is 4.79 Å². The molecule has 5 nitrogen and oxygen atoms in total. The summed E-state index contributed by atoms with van der Waals surface area (Å²) in [6.07, 6.45) is 8.58. The Morgan fingerprint density at radius 1 is 1.48 bits per heavy atom. The van der Waals surface area contributed by atoms with Gasteiger partial charge in [0.1, 0.15) is 0 Å². The lowest BCUT2D eigenvalue weighted by atomic mass is 10.0. The monoisotopic (exact) mass is 348 g/mol. The van der Waals surface area contributed by atoms with Crippen LogP contribution in [0.15, 0.2) is 36.1 Å². The minimum absolute atomic E-state index is 0.0846. The Morgan fingerprint density at radius 2 is 2.28 bits per heavy atom. The molecular weight excluding hydrogens is 323 g/mol. The molecule has 1 aliphatic carbocycles. The molecule has 6 heteroatoms. The highest BCUT2D eigenvalue weighted by molar-refractivity contribution is 5.70. The Morgan fingerprint density at radius 3 is 2.80 bits per heavy atom. The molecule has 0 bridgehead atoms. The summed E-state index contributed by atoms with van der Waals surface area (Å²) in [6.45, 7) is 4.70. The van der Waals surface area contributed by atoms with Crippen molar-refractivity contribution >= 4 is 11.5 Å². The van der Waals surface area contributed by atoms with Gasteiger partial charge >= 0.3 is 5.97 Å². The first-order valence-corrected chi connectivity index (χ1v) is 8.64. The molecule has 0 amide bonds. The van der Waals surface area contributed by atoms with Crippen LogP contribution in [0.3, 0.4) is 0 Å². The molecule has 0 spiro atoms. The Labute approximate surface area is 147 Å². The highest BCUT2D eigenvalue weighted by Gasteiger charge is 2.29. The van der Waals surface area contributed by atoms with E-state index in [9.17, 15) is 9.32 Å². The smallest absolute Gasteiger partial charge is 0.306 e. The third-order valence-electron chi connectivity index (χ3n) is 4.64. The lowest BCUT2D eigenvalue weighted by molar-refractivity contribution is -0.141. The predicted molar refractivity (Wildman–Crippen MR) is 94.8 cm³/mol. The van der Waals surface area contributed by atoms with E-state index in [1.54, 1.807) is 12.1 Å². The number of aromatic nitrogens is 1. The van der Waals surface area contributed by atoms with E-state index in [1.807, 2.05) is 19.9 Å². The molecule has 1 heterocycles. The number of carboxylic acid groups (broad SMARTS) is 1. The summed E-state index contributed by atoms with van der Waals surface area (Å²) in [5.41, 5.74) is 2.95. The van der Waals surface area contributed by atoms with Gasteiger partial charge < -0.3 is 10.4 Å². The van der Waals surface area contributed by atoms with Crippen molar-refractivity contribution in [3.8, 4) is 5.75 Å². The number of hydrogen-bond donors (Lipinski definition) is 2. The molecule has 25 heavy (non-hydrogen) atoms. The zero-order chi connectivity index (χ0) is 18.2. The fourth-order valence-electron chi connectivity index (χ4n) is 3.09. The number of nitrogens with zero attached hydrogens (tertiary/aromatic N) is 1. The third-order valence-corrected chi connectivity index (χ3v) is 4.64. The molecule has 2 rings (SSSR count). The van der Waals surface area contributed by atoms with Crippen LogP contribution < -0.4 is 10.3 Å². The van der Waals surface area contributed by atoms with Crippen molar-refractivity contribution in [2.45, 2.75) is 45.6 Å². The van der Waals surface area contributed by atoms with Crippen LogP contribution in [0.5, 0.6) is 5.75 Å². The minimum Gasteiger partial charge on any atom is -0.481 e. The van der Waals surface area contributed by atoms with Crippen LogP contribution in [0, 0.1) is 5.92 Å². The van der Waals surface area contributed by atoms with Crippen molar-refractivity contribution in [1.29, 1.82) is 0 Å². The predicted octanol–water partition coefficient (Wildman–Crippen LogP) is 3.93. The first-order chi connectivity index (χ1) is 12.1. The molecule has 136 valence electrons. The van der Waals surface area contributed by atoms with Crippen LogP contribution in [0.2, 0.25) is 0 Å². The molecule has 2 N–H and O–H groups in total. The van der Waals surface area contributed by atoms with E-state index in [0.717, 1.165) is 36.1 Å². The fraction of sp³-hybridized carbons (Fsp3) is 0.474. The summed E-state index contributed by atoms with van der Waals surface area (Å²) in [4.78, 5) is 18.9. The molecule has 1 aromatic rings. The lowest BCUT2D eigenvalue weighted by Crippen LogP contribution is -2.28. The zero-order valence-electron chi connectivity index (χ0n) is 14.7. The summed E-state index contributed by atoms with van der Waals surface area (Å²) in [6, 6.07) is 3.53. The largest absolute Gasteiger partial charge is 0.481 e. The number of allylic oxidation sites excluding steroid dienone is 2. The number of aliphatic carboxylic acids is 1. The average Bonchev–Trinajstić information content (AvgIpc) is 3.11. The Hall–Kier alpha value is -2.21. The SMILES string of the molecule is C/C=C(\C=C(/CC)c1ccc(OF)cn1)CNC1CCC(C(=O)O)C1. The van der Waals surface area contributed by atoms with Gasteiger partial charge in [0.15, 0.2) is 5.75 Å². The number of nitrogens with one attached hydrogen (secondary N) is 1. The third kappa shape index (κ3) is 5.39. The van der Waals surface area contributed by atoms with Crippen LogP contribution in [-0.4, -0.2) is 28.6 Å². The second-order valence-corrected chi connectivity index (χ2v) is 6.27. The normalized spacial score (nSPS) is 21.4. The zero-order valence-corrected chi connectivity index (χ0v) is 14.7. The van der Waals surface area contributed by atoms with E-state index in [1.165, 1.54) is 6.20 Å². The van der Waals surface area contributed by atoms with Crippen LogP contribution in [0.1, 0.15) is 45.2 Å². The topological polar surface area (TPSA) is 71.5 Å². The van der Waals surface area contributed by atoms with Crippen LogP contribution in [0.4, 0.5) is 4.53 Å². The summed E-state index contributed by atoms with van der Waals surface area (Å²) in [5.74, 6) is -0.842. The van der Waals surface area contributed by atoms with Crippen molar-refractivity contribution < 1.29 is 19.4 Å². The summed E-state index contributed by atoms with van der Waals surface area (Å²) < 4.78 is 12.1. The van der Waals surface area contributed by atoms with Crippen LogP contribution >= 0.6 is 0 Å². The molecule has 0 aliphatic heterocycles. The highest BCUT2D eigenvalue weighted by atomic mass is 19.3. The quantitative estimate of drug-likeness (QED) is 0.697. The van der Waals surface area contributed by atoms with Gasteiger partial charge in [-0.05, 0) is 55.9 Å². The number of carbonyl (C=O) groups is 1. The maximum Gasteiger partial charge on any atom is 0.306 e. The Balaban J connectivity index is 1.98. The van der Waals surface area contributed by atoms with Gasteiger partial charge in [0.05, 0.1) is 17.8 Å². The fourth-order valence-corrected chi connectivity index (χ4v) is 3.09. The Bertz CT molecular complexity index is 641. The molecule has 1 aromatic heterocycles. The molecule has 1 aliphatic rings. The van der Waals surface area contributed by atoms with E-state index in [-0.39, 0.29) is 17.7 Å². The molecule has 2 atom stereocenters. The van der Waals surface area contributed by atoms with Gasteiger partial charge in [0.2, 0.25) is 0 Å². The number of rotatable bonds is 8. The maximum atomic E-state index is 12.1. The minimum atomic E-state index is -0.699. The van der Waals surface area contributed by atoms with Crippen molar-refractivity contribution in [2.24, 2.45) is 5.92 Å². The molecular formula is C19H25FN2O3.